The molecule has 0 unspecified atom stereocenters. The number of benzene rings is 1. The van der Waals surface area contributed by atoms with Crippen LogP contribution >= 0.6 is 11.6 Å². The molecular weight excluding hydrogens is 276 g/mol. The van der Waals surface area contributed by atoms with Gasteiger partial charge in [0.05, 0.1) is 12.1 Å². The van der Waals surface area contributed by atoms with Crippen molar-refractivity contribution in [3.63, 3.8) is 0 Å². The first-order valence-electron chi connectivity index (χ1n) is 6.90. The quantitative estimate of drug-likeness (QED) is 0.757. The highest BCUT2D eigenvalue weighted by atomic mass is 35.5. The van der Waals surface area contributed by atoms with Gasteiger partial charge >= 0.3 is 6.03 Å². The Morgan fingerprint density at radius 2 is 2.10 bits per heavy atom. The maximum absolute atomic E-state index is 11.7. The molecule has 0 aromatic heterocycles. The van der Waals surface area contributed by atoms with Crippen molar-refractivity contribution >= 4 is 17.6 Å². The third-order valence-electron chi connectivity index (χ3n) is 2.75. The predicted molar refractivity (Wildman–Crippen MR) is 82.1 cm³/mol. The van der Waals surface area contributed by atoms with E-state index in [2.05, 4.69) is 10.6 Å². The van der Waals surface area contributed by atoms with E-state index in [0.29, 0.717) is 18.2 Å². The number of carbonyl (C=O) groups is 1. The van der Waals surface area contributed by atoms with E-state index in [-0.39, 0.29) is 18.2 Å². The van der Waals surface area contributed by atoms with Crippen LogP contribution in [0, 0.1) is 0 Å². The van der Waals surface area contributed by atoms with Crippen molar-refractivity contribution in [2.75, 3.05) is 13.2 Å². The predicted octanol–water partition coefficient (Wildman–Crippen LogP) is 3.52. The van der Waals surface area contributed by atoms with Crippen molar-refractivity contribution in [3.05, 3.63) is 34.9 Å². The van der Waals surface area contributed by atoms with Gasteiger partial charge in [0.1, 0.15) is 0 Å². The second-order valence-corrected chi connectivity index (χ2v) is 5.39. The Morgan fingerprint density at radius 3 is 2.75 bits per heavy atom. The summed E-state index contributed by atoms with van der Waals surface area (Å²) in [6.45, 7) is 7.16. The van der Waals surface area contributed by atoms with Crippen molar-refractivity contribution in [1.29, 1.82) is 0 Å². The summed E-state index contributed by atoms with van der Waals surface area (Å²) in [5, 5.41) is 6.35. The van der Waals surface area contributed by atoms with E-state index in [4.69, 9.17) is 16.3 Å². The Morgan fingerprint density at radius 1 is 1.35 bits per heavy atom. The van der Waals surface area contributed by atoms with Crippen LogP contribution in [0.25, 0.3) is 0 Å². The Labute approximate surface area is 125 Å². The first-order valence-corrected chi connectivity index (χ1v) is 7.28. The van der Waals surface area contributed by atoms with E-state index in [1.54, 1.807) is 0 Å². The summed E-state index contributed by atoms with van der Waals surface area (Å²) in [6.07, 6.45) is 1.03. The smallest absolute Gasteiger partial charge is 0.315 e. The fourth-order valence-electron chi connectivity index (χ4n) is 1.70. The maximum atomic E-state index is 11.7. The van der Waals surface area contributed by atoms with E-state index >= 15 is 0 Å². The molecule has 0 heterocycles. The lowest BCUT2D eigenvalue weighted by Gasteiger charge is -2.15. The number of hydrogen-bond donors (Lipinski definition) is 2. The molecule has 0 aliphatic heterocycles. The number of halogens is 1. The third kappa shape index (κ3) is 6.78. The summed E-state index contributed by atoms with van der Waals surface area (Å²) < 4.78 is 5.40. The summed E-state index contributed by atoms with van der Waals surface area (Å²) in [4.78, 5) is 11.7. The molecule has 4 nitrogen and oxygen atoms in total. The van der Waals surface area contributed by atoms with E-state index in [1.165, 1.54) is 0 Å². The summed E-state index contributed by atoms with van der Waals surface area (Å²) in [5.41, 5.74) is 0.982. The van der Waals surface area contributed by atoms with Gasteiger partial charge in [-0.2, -0.15) is 0 Å². The number of rotatable bonds is 7. The van der Waals surface area contributed by atoms with E-state index in [0.717, 1.165) is 12.0 Å². The summed E-state index contributed by atoms with van der Waals surface area (Å²) in [5.74, 6) is 0. The zero-order valence-electron chi connectivity index (χ0n) is 12.3. The molecule has 112 valence electrons. The molecule has 0 spiro atoms. The molecule has 0 aliphatic carbocycles. The van der Waals surface area contributed by atoms with E-state index in [1.807, 2.05) is 45.0 Å². The molecule has 0 saturated carbocycles. The zero-order valence-corrected chi connectivity index (χ0v) is 13.0. The van der Waals surface area contributed by atoms with Gasteiger partial charge in [0.15, 0.2) is 0 Å². The first-order chi connectivity index (χ1) is 9.49. The van der Waals surface area contributed by atoms with Crippen LogP contribution in [-0.4, -0.2) is 25.3 Å². The van der Waals surface area contributed by atoms with Crippen molar-refractivity contribution in [2.45, 2.75) is 39.3 Å². The molecular formula is C15H23ClN2O2. The Kier molecular flexibility index (Phi) is 7.41. The molecule has 20 heavy (non-hydrogen) atoms. The summed E-state index contributed by atoms with van der Waals surface area (Å²) >= 11 is 5.93. The zero-order chi connectivity index (χ0) is 15.0. The average molecular weight is 299 g/mol. The van der Waals surface area contributed by atoms with E-state index < -0.39 is 0 Å². The summed E-state index contributed by atoms with van der Waals surface area (Å²) in [7, 11) is 0. The fourth-order valence-corrected chi connectivity index (χ4v) is 1.90. The van der Waals surface area contributed by atoms with Gasteiger partial charge in [-0.05, 0) is 44.9 Å². The van der Waals surface area contributed by atoms with Gasteiger partial charge in [0.25, 0.3) is 0 Å². The van der Waals surface area contributed by atoms with Gasteiger partial charge in [-0.15, -0.1) is 0 Å². The second-order valence-electron chi connectivity index (χ2n) is 4.95. The SMILES string of the molecule is CC(C)OCCCNC(=O)N[C@H](C)c1cccc(Cl)c1. The van der Waals surface area contributed by atoms with Gasteiger partial charge in [-0.25, -0.2) is 4.79 Å². The van der Waals surface area contributed by atoms with Crippen molar-refractivity contribution in [2.24, 2.45) is 0 Å². The highest BCUT2D eigenvalue weighted by Crippen LogP contribution is 2.16. The van der Waals surface area contributed by atoms with Crippen molar-refractivity contribution in [3.8, 4) is 0 Å². The number of ether oxygens (including phenoxy) is 1. The van der Waals surface area contributed by atoms with Crippen LogP contribution in [0.1, 0.15) is 38.8 Å². The van der Waals surface area contributed by atoms with Crippen LogP contribution in [0.3, 0.4) is 0 Å². The van der Waals surface area contributed by atoms with Crippen LogP contribution in [0.2, 0.25) is 5.02 Å². The third-order valence-corrected chi connectivity index (χ3v) is 2.99. The lowest BCUT2D eigenvalue weighted by molar-refractivity contribution is 0.0774. The Bertz CT molecular complexity index is 424. The minimum Gasteiger partial charge on any atom is -0.379 e. The highest BCUT2D eigenvalue weighted by molar-refractivity contribution is 6.30. The normalized spacial score (nSPS) is 12.2. The number of amides is 2. The minimum atomic E-state index is -0.179. The lowest BCUT2D eigenvalue weighted by atomic mass is 10.1. The van der Waals surface area contributed by atoms with Gasteiger partial charge in [0.2, 0.25) is 0 Å². The summed E-state index contributed by atoms with van der Waals surface area (Å²) in [6, 6.07) is 7.21. The van der Waals surface area contributed by atoms with Crippen molar-refractivity contribution in [1.82, 2.24) is 10.6 Å². The van der Waals surface area contributed by atoms with Gasteiger partial charge in [0, 0.05) is 18.2 Å². The molecule has 2 N–H and O–H groups in total. The first kappa shape index (κ1) is 16.8. The molecule has 0 radical (unpaired) electrons. The molecule has 1 rings (SSSR count). The van der Waals surface area contributed by atoms with Gasteiger partial charge in [-0.3, -0.25) is 0 Å². The molecule has 0 aliphatic rings. The van der Waals surface area contributed by atoms with Crippen molar-refractivity contribution < 1.29 is 9.53 Å². The molecule has 1 atom stereocenters. The molecule has 0 fully saturated rings. The number of urea groups is 1. The van der Waals surface area contributed by atoms with Crippen LogP contribution in [0.15, 0.2) is 24.3 Å². The number of nitrogens with one attached hydrogen (secondary N) is 2. The molecule has 0 saturated heterocycles. The van der Waals surface area contributed by atoms with Gasteiger partial charge in [-0.1, -0.05) is 23.7 Å². The average Bonchev–Trinajstić information content (AvgIpc) is 2.37. The molecule has 0 bridgehead atoms. The highest BCUT2D eigenvalue weighted by Gasteiger charge is 2.09. The van der Waals surface area contributed by atoms with Crippen LogP contribution < -0.4 is 10.6 Å². The standard InChI is InChI=1S/C15H23ClN2O2/c1-11(2)20-9-5-8-17-15(19)18-12(3)13-6-4-7-14(16)10-13/h4,6-7,10-12H,5,8-9H2,1-3H3,(H2,17,18,19)/t12-/m1/s1. The molecule has 1 aromatic rings. The van der Waals surface area contributed by atoms with E-state index in [9.17, 15) is 4.79 Å². The fraction of sp³-hybridized carbons (Fsp3) is 0.533. The number of carbonyl (C=O) groups excluding carboxylic acids is 1. The lowest BCUT2D eigenvalue weighted by Crippen LogP contribution is -2.37. The largest absolute Gasteiger partial charge is 0.379 e. The Hall–Kier alpha value is -1.26. The molecule has 2 amide bonds. The van der Waals surface area contributed by atoms with Crippen LogP contribution in [0.5, 0.6) is 0 Å². The Balaban J connectivity index is 2.25. The maximum Gasteiger partial charge on any atom is 0.315 e. The van der Waals surface area contributed by atoms with Gasteiger partial charge < -0.3 is 15.4 Å². The second kappa shape index (κ2) is 8.82. The van der Waals surface area contributed by atoms with Crippen LogP contribution in [0.4, 0.5) is 4.79 Å². The topological polar surface area (TPSA) is 50.4 Å². The van der Waals surface area contributed by atoms with Crippen LogP contribution in [-0.2, 0) is 4.74 Å². The monoisotopic (exact) mass is 298 g/mol. The molecule has 1 aromatic carbocycles. The number of hydrogen-bond acceptors (Lipinski definition) is 2. The molecule has 5 heteroatoms. The minimum absolute atomic E-state index is 0.0828.